The van der Waals surface area contributed by atoms with Gasteiger partial charge in [0.2, 0.25) is 5.91 Å². The molecule has 0 spiro atoms. The highest BCUT2D eigenvalue weighted by Gasteiger charge is 2.39. The lowest BCUT2D eigenvalue weighted by Gasteiger charge is -2.26. The zero-order chi connectivity index (χ0) is 16.0. The Bertz CT molecular complexity index is 813. The third kappa shape index (κ3) is 2.36. The summed E-state index contributed by atoms with van der Waals surface area (Å²) in [6, 6.07) is 10.0. The summed E-state index contributed by atoms with van der Waals surface area (Å²) >= 11 is 0. The summed E-state index contributed by atoms with van der Waals surface area (Å²) in [5.41, 5.74) is 2.45. The van der Waals surface area contributed by atoms with Gasteiger partial charge in [-0.05, 0) is 12.8 Å². The molecule has 0 aliphatic carbocycles. The fourth-order valence-corrected chi connectivity index (χ4v) is 3.99. The molecule has 0 saturated carbocycles. The van der Waals surface area contributed by atoms with E-state index < -0.39 is 0 Å². The van der Waals surface area contributed by atoms with Crippen molar-refractivity contribution in [1.82, 2.24) is 14.9 Å². The summed E-state index contributed by atoms with van der Waals surface area (Å²) in [7, 11) is 0. The van der Waals surface area contributed by atoms with E-state index in [9.17, 15) is 9.59 Å². The summed E-state index contributed by atoms with van der Waals surface area (Å²) < 4.78 is 0. The molecule has 4 rings (SSSR count). The molecule has 1 amide bonds. The second kappa shape index (κ2) is 5.33. The van der Waals surface area contributed by atoms with E-state index in [1.165, 1.54) is 0 Å². The van der Waals surface area contributed by atoms with Crippen molar-refractivity contribution in [2.45, 2.75) is 44.7 Å². The van der Waals surface area contributed by atoms with Crippen LogP contribution in [0.25, 0.3) is 11.4 Å². The average Bonchev–Trinajstić information content (AvgIpc) is 2.84. The second-order valence-electron chi connectivity index (χ2n) is 6.43. The fraction of sp³-hybridized carbons (Fsp3) is 0.389. The molecule has 1 aromatic heterocycles. The first-order valence-electron chi connectivity index (χ1n) is 8.10. The molecule has 2 bridgehead atoms. The van der Waals surface area contributed by atoms with Crippen molar-refractivity contribution in [3.63, 3.8) is 0 Å². The Labute approximate surface area is 134 Å². The van der Waals surface area contributed by atoms with Gasteiger partial charge in [0.15, 0.2) is 0 Å². The van der Waals surface area contributed by atoms with Crippen molar-refractivity contribution >= 4 is 5.91 Å². The van der Waals surface area contributed by atoms with Crippen LogP contribution in [0, 0.1) is 0 Å². The molecule has 0 unspecified atom stereocenters. The maximum Gasteiger partial charge on any atom is 0.254 e. The number of aromatic amines is 1. The normalized spacial score (nSPS) is 22.6. The Hall–Kier alpha value is -2.43. The molecule has 2 atom stereocenters. The average molecular weight is 309 g/mol. The van der Waals surface area contributed by atoms with E-state index >= 15 is 0 Å². The van der Waals surface area contributed by atoms with Gasteiger partial charge in [-0.3, -0.25) is 9.59 Å². The number of nitrogens with one attached hydrogen (secondary N) is 1. The van der Waals surface area contributed by atoms with Gasteiger partial charge in [0.1, 0.15) is 5.82 Å². The van der Waals surface area contributed by atoms with Crippen molar-refractivity contribution in [2.24, 2.45) is 0 Å². The lowest BCUT2D eigenvalue weighted by atomic mass is 9.98. The first kappa shape index (κ1) is 14.2. The van der Waals surface area contributed by atoms with Crippen LogP contribution in [0.2, 0.25) is 0 Å². The van der Waals surface area contributed by atoms with Crippen molar-refractivity contribution < 1.29 is 4.79 Å². The minimum Gasteiger partial charge on any atom is -0.336 e. The summed E-state index contributed by atoms with van der Waals surface area (Å²) in [6.45, 7) is 1.62. The number of benzene rings is 1. The van der Waals surface area contributed by atoms with Gasteiger partial charge >= 0.3 is 0 Å². The summed E-state index contributed by atoms with van der Waals surface area (Å²) in [5.74, 6) is 0.714. The lowest BCUT2D eigenvalue weighted by molar-refractivity contribution is -0.131. The van der Waals surface area contributed by atoms with Crippen LogP contribution in [0.1, 0.15) is 31.0 Å². The predicted octanol–water partition coefficient (Wildman–Crippen LogP) is 1.91. The number of hydrogen-bond donors (Lipinski definition) is 1. The monoisotopic (exact) mass is 309 g/mol. The van der Waals surface area contributed by atoms with E-state index in [0.717, 1.165) is 29.7 Å². The number of rotatable bonds is 1. The van der Waals surface area contributed by atoms with Crippen molar-refractivity contribution in [3.05, 3.63) is 51.9 Å². The molecule has 1 saturated heterocycles. The highest BCUT2D eigenvalue weighted by Crippen LogP contribution is 2.32. The zero-order valence-electron chi connectivity index (χ0n) is 13.1. The fourth-order valence-electron chi connectivity index (χ4n) is 3.99. The highest BCUT2D eigenvalue weighted by molar-refractivity contribution is 5.74. The third-order valence-electron chi connectivity index (χ3n) is 5.00. The van der Waals surface area contributed by atoms with Crippen LogP contribution in [0.15, 0.2) is 35.1 Å². The smallest absolute Gasteiger partial charge is 0.254 e. The number of aromatic nitrogens is 2. The standard InChI is InChI=1S/C18H19N3O2/c1-11(22)21-13-7-8-14(21)10-16-15(9-13)18(23)20-17(19-16)12-5-3-2-4-6-12/h2-6,13-14H,7-10H2,1H3,(H,19,20,23)/t13-,14+/m1/s1. The van der Waals surface area contributed by atoms with Crippen LogP contribution in [0.3, 0.4) is 0 Å². The number of carbonyl (C=O) groups excluding carboxylic acids is 1. The van der Waals surface area contributed by atoms with E-state index in [0.29, 0.717) is 18.7 Å². The van der Waals surface area contributed by atoms with Gasteiger partial charge < -0.3 is 9.88 Å². The number of carbonyl (C=O) groups is 1. The molecule has 1 aromatic carbocycles. The number of H-pyrrole nitrogens is 1. The van der Waals surface area contributed by atoms with Crippen LogP contribution in [-0.2, 0) is 17.6 Å². The molecule has 1 N–H and O–H groups in total. The molecule has 3 heterocycles. The molecule has 5 heteroatoms. The maximum atomic E-state index is 12.6. The Morgan fingerprint density at radius 3 is 2.57 bits per heavy atom. The van der Waals surface area contributed by atoms with E-state index in [-0.39, 0.29) is 23.6 Å². The van der Waals surface area contributed by atoms with Crippen LogP contribution in [0.5, 0.6) is 0 Å². The molecule has 0 radical (unpaired) electrons. The topological polar surface area (TPSA) is 66.1 Å². The Kier molecular flexibility index (Phi) is 3.29. The molecular weight excluding hydrogens is 290 g/mol. The molecule has 2 aliphatic heterocycles. The van der Waals surface area contributed by atoms with Crippen LogP contribution in [0.4, 0.5) is 0 Å². The Morgan fingerprint density at radius 2 is 1.87 bits per heavy atom. The van der Waals surface area contributed by atoms with Crippen LogP contribution in [-0.4, -0.2) is 32.9 Å². The highest BCUT2D eigenvalue weighted by atomic mass is 16.2. The lowest BCUT2D eigenvalue weighted by Crippen LogP contribution is -2.40. The van der Waals surface area contributed by atoms with E-state index in [1.54, 1.807) is 6.92 Å². The van der Waals surface area contributed by atoms with E-state index in [4.69, 9.17) is 4.98 Å². The van der Waals surface area contributed by atoms with Crippen LogP contribution < -0.4 is 5.56 Å². The van der Waals surface area contributed by atoms with Crippen LogP contribution >= 0.6 is 0 Å². The number of nitrogens with zero attached hydrogens (tertiary/aromatic N) is 2. The van der Waals surface area contributed by atoms with E-state index in [1.807, 2.05) is 35.2 Å². The van der Waals surface area contributed by atoms with Crippen molar-refractivity contribution in [3.8, 4) is 11.4 Å². The summed E-state index contributed by atoms with van der Waals surface area (Å²) in [6.07, 6.45) is 3.26. The maximum absolute atomic E-state index is 12.6. The minimum atomic E-state index is -0.0649. The Morgan fingerprint density at radius 1 is 1.17 bits per heavy atom. The molecule has 5 nitrogen and oxygen atoms in total. The minimum absolute atomic E-state index is 0.0649. The van der Waals surface area contributed by atoms with Gasteiger partial charge in [-0.25, -0.2) is 4.98 Å². The first-order chi connectivity index (χ1) is 11.1. The molecule has 2 aliphatic rings. The van der Waals surface area contributed by atoms with Gasteiger partial charge in [-0.15, -0.1) is 0 Å². The molecular formula is C18H19N3O2. The number of hydrogen-bond acceptors (Lipinski definition) is 3. The number of fused-ring (bicyclic) bond motifs is 3. The van der Waals surface area contributed by atoms with Gasteiger partial charge in [0.25, 0.3) is 5.56 Å². The van der Waals surface area contributed by atoms with Gasteiger partial charge in [0.05, 0.1) is 5.69 Å². The predicted molar refractivity (Wildman–Crippen MR) is 87.0 cm³/mol. The summed E-state index contributed by atoms with van der Waals surface area (Å²) in [4.78, 5) is 34.1. The molecule has 2 aromatic rings. The second-order valence-corrected chi connectivity index (χ2v) is 6.43. The molecule has 118 valence electrons. The van der Waals surface area contributed by atoms with Gasteiger partial charge in [-0.2, -0.15) is 0 Å². The van der Waals surface area contributed by atoms with E-state index in [2.05, 4.69) is 4.98 Å². The zero-order valence-corrected chi connectivity index (χ0v) is 13.1. The first-order valence-corrected chi connectivity index (χ1v) is 8.10. The molecule has 23 heavy (non-hydrogen) atoms. The largest absolute Gasteiger partial charge is 0.336 e. The SMILES string of the molecule is CC(=O)N1[C@@H]2CC[C@H]1Cc1nc(-c3ccccc3)[nH]c(=O)c1C2. The quantitative estimate of drug-likeness (QED) is 0.875. The third-order valence-corrected chi connectivity index (χ3v) is 5.00. The Balaban J connectivity index is 1.79. The molecule has 1 fully saturated rings. The van der Waals surface area contributed by atoms with Crippen molar-refractivity contribution in [1.29, 1.82) is 0 Å². The van der Waals surface area contributed by atoms with Crippen molar-refractivity contribution in [2.75, 3.05) is 0 Å². The van der Waals surface area contributed by atoms with Gasteiger partial charge in [-0.1, -0.05) is 30.3 Å². The summed E-state index contributed by atoms with van der Waals surface area (Å²) in [5, 5.41) is 0. The van der Waals surface area contributed by atoms with Gasteiger partial charge in [0, 0.05) is 43.0 Å². The number of amides is 1.